The maximum atomic E-state index is 12.5. The van der Waals surface area contributed by atoms with Crippen LogP contribution in [-0.4, -0.2) is 35.4 Å². The SMILES string of the molecule is Cc1nc2ccc(NC(=O)c3cnc4c(c3)N(C)C(=O)CN4)cc2s1. The minimum absolute atomic E-state index is 0.0714. The Morgan fingerprint density at radius 3 is 3.04 bits per heavy atom. The summed E-state index contributed by atoms with van der Waals surface area (Å²) < 4.78 is 1.02. The number of nitrogens with zero attached hydrogens (tertiary/aromatic N) is 3. The zero-order valence-electron chi connectivity index (χ0n) is 13.7. The molecule has 2 aromatic heterocycles. The van der Waals surface area contributed by atoms with Crippen LogP contribution in [-0.2, 0) is 4.79 Å². The van der Waals surface area contributed by atoms with Gasteiger partial charge in [0.05, 0.1) is 33.0 Å². The molecule has 3 aromatic rings. The lowest BCUT2D eigenvalue weighted by atomic mass is 10.2. The molecule has 0 bridgehead atoms. The molecule has 25 heavy (non-hydrogen) atoms. The lowest BCUT2D eigenvalue weighted by Gasteiger charge is -2.26. The molecule has 1 aromatic carbocycles. The number of nitrogens with one attached hydrogen (secondary N) is 2. The maximum Gasteiger partial charge on any atom is 0.257 e. The summed E-state index contributed by atoms with van der Waals surface area (Å²) in [6, 6.07) is 7.27. The molecule has 0 saturated heterocycles. The Morgan fingerprint density at radius 2 is 2.20 bits per heavy atom. The van der Waals surface area contributed by atoms with Gasteiger partial charge >= 0.3 is 0 Å². The summed E-state index contributed by atoms with van der Waals surface area (Å²) in [7, 11) is 1.67. The molecule has 3 heterocycles. The van der Waals surface area contributed by atoms with Crippen LogP contribution in [0.25, 0.3) is 10.2 Å². The van der Waals surface area contributed by atoms with Crippen LogP contribution in [0.15, 0.2) is 30.5 Å². The standard InChI is InChI=1S/C17H15N5O2S/c1-9-20-12-4-3-11(6-14(12)25-9)21-17(24)10-5-13-16(18-7-10)19-8-15(23)22(13)2/h3-7H,8H2,1-2H3,(H,18,19)(H,21,24). The number of benzene rings is 1. The van der Waals surface area contributed by atoms with Crippen LogP contribution in [0.5, 0.6) is 0 Å². The lowest BCUT2D eigenvalue weighted by Crippen LogP contribution is -2.37. The van der Waals surface area contributed by atoms with E-state index in [1.807, 2.05) is 25.1 Å². The molecule has 2 N–H and O–H groups in total. The van der Waals surface area contributed by atoms with Crippen LogP contribution in [0.4, 0.5) is 17.2 Å². The maximum absolute atomic E-state index is 12.5. The number of rotatable bonds is 2. The summed E-state index contributed by atoms with van der Waals surface area (Å²) in [6.07, 6.45) is 1.50. The van der Waals surface area contributed by atoms with Gasteiger partial charge in [0, 0.05) is 18.9 Å². The number of aromatic nitrogens is 2. The van der Waals surface area contributed by atoms with Crippen LogP contribution in [0.1, 0.15) is 15.4 Å². The smallest absolute Gasteiger partial charge is 0.257 e. The topological polar surface area (TPSA) is 87.2 Å². The van der Waals surface area contributed by atoms with Gasteiger partial charge in [-0.25, -0.2) is 9.97 Å². The Labute approximate surface area is 147 Å². The van der Waals surface area contributed by atoms with Crippen molar-refractivity contribution in [2.24, 2.45) is 0 Å². The summed E-state index contributed by atoms with van der Waals surface area (Å²) in [4.78, 5) is 34.5. The zero-order chi connectivity index (χ0) is 17.6. The van der Waals surface area contributed by atoms with Crippen LogP contribution < -0.4 is 15.5 Å². The molecule has 8 heteroatoms. The fraction of sp³-hybridized carbons (Fsp3) is 0.176. The average molecular weight is 353 g/mol. The minimum Gasteiger partial charge on any atom is -0.359 e. The summed E-state index contributed by atoms with van der Waals surface area (Å²) in [6.45, 7) is 2.16. The Kier molecular flexibility index (Phi) is 3.61. The van der Waals surface area contributed by atoms with Gasteiger partial charge in [-0.1, -0.05) is 0 Å². The zero-order valence-corrected chi connectivity index (χ0v) is 14.5. The van der Waals surface area contributed by atoms with Crippen molar-refractivity contribution in [3.8, 4) is 0 Å². The Hall–Kier alpha value is -3.00. The molecule has 1 aliphatic heterocycles. The fourth-order valence-corrected chi connectivity index (χ4v) is 3.57. The lowest BCUT2D eigenvalue weighted by molar-refractivity contribution is -0.116. The van der Waals surface area contributed by atoms with E-state index >= 15 is 0 Å². The first-order valence-corrected chi connectivity index (χ1v) is 8.52. The number of hydrogen-bond donors (Lipinski definition) is 2. The number of fused-ring (bicyclic) bond motifs is 2. The monoisotopic (exact) mass is 353 g/mol. The molecule has 0 spiro atoms. The van der Waals surface area contributed by atoms with E-state index in [1.54, 1.807) is 24.5 Å². The first-order chi connectivity index (χ1) is 12.0. The van der Waals surface area contributed by atoms with Crippen LogP contribution in [0, 0.1) is 6.92 Å². The predicted octanol–water partition coefficient (Wildman–Crippen LogP) is 2.64. The average Bonchev–Trinajstić information content (AvgIpc) is 2.97. The highest BCUT2D eigenvalue weighted by Gasteiger charge is 2.23. The van der Waals surface area contributed by atoms with E-state index < -0.39 is 0 Å². The van der Waals surface area contributed by atoms with E-state index in [1.165, 1.54) is 11.1 Å². The van der Waals surface area contributed by atoms with Crippen molar-refractivity contribution in [2.75, 3.05) is 29.1 Å². The van der Waals surface area contributed by atoms with E-state index in [2.05, 4.69) is 20.6 Å². The van der Waals surface area contributed by atoms with Gasteiger partial charge in [0.1, 0.15) is 5.82 Å². The molecule has 0 unspecified atom stereocenters. The second kappa shape index (κ2) is 5.82. The summed E-state index contributed by atoms with van der Waals surface area (Å²) >= 11 is 1.58. The van der Waals surface area contributed by atoms with E-state index in [0.29, 0.717) is 22.8 Å². The molecule has 4 rings (SSSR count). The summed E-state index contributed by atoms with van der Waals surface area (Å²) in [5.41, 5.74) is 2.60. The van der Waals surface area contributed by atoms with Gasteiger partial charge in [0.2, 0.25) is 5.91 Å². The first-order valence-electron chi connectivity index (χ1n) is 7.70. The number of hydrogen-bond acceptors (Lipinski definition) is 6. The number of anilines is 3. The third-order valence-electron chi connectivity index (χ3n) is 4.03. The second-order valence-electron chi connectivity index (χ2n) is 5.77. The van der Waals surface area contributed by atoms with Crippen LogP contribution in [0.3, 0.4) is 0 Å². The van der Waals surface area contributed by atoms with Crippen molar-refractivity contribution in [3.05, 3.63) is 41.0 Å². The normalized spacial score (nSPS) is 13.5. The Morgan fingerprint density at radius 1 is 1.36 bits per heavy atom. The van der Waals surface area contributed by atoms with Gasteiger partial charge in [-0.3, -0.25) is 9.59 Å². The third-order valence-corrected chi connectivity index (χ3v) is 4.96. The van der Waals surface area contributed by atoms with E-state index in [0.717, 1.165) is 15.2 Å². The number of likely N-dealkylation sites (N-methyl/N-ethyl adjacent to an activating group) is 1. The van der Waals surface area contributed by atoms with Gasteiger partial charge in [0.15, 0.2) is 0 Å². The van der Waals surface area contributed by atoms with Gasteiger partial charge in [-0.15, -0.1) is 11.3 Å². The molecular formula is C17H15N5O2S. The molecule has 0 saturated carbocycles. The number of carbonyl (C=O) groups is 2. The predicted molar refractivity (Wildman–Crippen MR) is 98.4 cm³/mol. The molecule has 2 amide bonds. The van der Waals surface area contributed by atoms with E-state index in [9.17, 15) is 9.59 Å². The number of thiazole rings is 1. The van der Waals surface area contributed by atoms with Crippen LogP contribution in [0.2, 0.25) is 0 Å². The van der Waals surface area contributed by atoms with Crippen molar-refractivity contribution in [3.63, 3.8) is 0 Å². The van der Waals surface area contributed by atoms with Gasteiger partial charge in [-0.2, -0.15) is 0 Å². The number of pyridine rings is 1. The molecular weight excluding hydrogens is 338 g/mol. The number of amides is 2. The number of aryl methyl sites for hydroxylation is 1. The molecule has 0 aliphatic carbocycles. The van der Waals surface area contributed by atoms with E-state index in [-0.39, 0.29) is 18.4 Å². The molecule has 0 atom stereocenters. The van der Waals surface area contributed by atoms with Gasteiger partial charge in [0.25, 0.3) is 5.91 Å². The highest BCUT2D eigenvalue weighted by atomic mass is 32.1. The summed E-state index contributed by atoms with van der Waals surface area (Å²) in [5.74, 6) is 0.250. The third kappa shape index (κ3) is 2.80. The highest BCUT2D eigenvalue weighted by molar-refractivity contribution is 7.18. The van der Waals surface area contributed by atoms with Crippen LogP contribution >= 0.6 is 11.3 Å². The fourth-order valence-electron chi connectivity index (χ4n) is 2.70. The quantitative estimate of drug-likeness (QED) is 0.739. The largest absolute Gasteiger partial charge is 0.359 e. The van der Waals surface area contributed by atoms with Crippen molar-refractivity contribution in [1.29, 1.82) is 0 Å². The Balaban J connectivity index is 1.61. The molecule has 126 valence electrons. The van der Waals surface area contributed by atoms with Gasteiger partial charge in [-0.05, 0) is 31.2 Å². The second-order valence-corrected chi connectivity index (χ2v) is 7.00. The Bertz CT molecular complexity index is 1010. The minimum atomic E-state index is -0.276. The van der Waals surface area contributed by atoms with Crippen molar-refractivity contribution < 1.29 is 9.59 Å². The van der Waals surface area contributed by atoms with Gasteiger partial charge < -0.3 is 15.5 Å². The summed E-state index contributed by atoms with van der Waals surface area (Å²) in [5, 5.41) is 6.79. The van der Waals surface area contributed by atoms with Crippen molar-refractivity contribution in [2.45, 2.75) is 6.92 Å². The molecule has 0 radical (unpaired) electrons. The molecule has 0 fully saturated rings. The van der Waals surface area contributed by atoms with Crippen molar-refractivity contribution >= 4 is 50.6 Å². The highest BCUT2D eigenvalue weighted by Crippen LogP contribution is 2.28. The molecule has 1 aliphatic rings. The van der Waals surface area contributed by atoms with E-state index in [4.69, 9.17) is 0 Å². The van der Waals surface area contributed by atoms with Crippen molar-refractivity contribution in [1.82, 2.24) is 9.97 Å². The molecule has 7 nitrogen and oxygen atoms in total. The number of carbonyl (C=O) groups excluding carboxylic acids is 2. The first kappa shape index (κ1) is 15.5.